The highest BCUT2D eigenvalue weighted by Gasteiger charge is 2.32. The van der Waals surface area contributed by atoms with Gasteiger partial charge in [-0.1, -0.05) is 47.5 Å². The number of halogens is 2. The molecule has 0 fully saturated rings. The van der Waals surface area contributed by atoms with Gasteiger partial charge in [-0.15, -0.1) is 0 Å². The van der Waals surface area contributed by atoms with Crippen molar-refractivity contribution in [3.8, 4) is 0 Å². The number of carbonyl (C=O) groups excluding carboxylic acids is 1. The number of aliphatic hydroxyl groups is 1. The number of cyclic esters (lactones) is 1. The van der Waals surface area contributed by atoms with Gasteiger partial charge in [0.25, 0.3) is 0 Å². The number of nitrogens with zero attached hydrogens (tertiary/aromatic N) is 2. The van der Waals surface area contributed by atoms with Gasteiger partial charge in [0, 0.05) is 15.6 Å². The minimum atomic E-state index is -0.661. The van der Waals surface area contributed by atoms with Crippen LogP contribution < -0.4 is 0 Å². The molecule has 1 unspecified atom stereocenters. The molecule has 0 aliphatic carbocycles. The monoisotopic (exact) mass is 364 g/mol. The molecule has 5 nitrogen and oxygen atoms in total. The SMILES string of the molecule is O=C1OC(c2ccc(Cl)cc2)C(c2ccc(Cl)cc2)=NN1CCO. The van der Waals surface area contributed by atoms with Gasteiger partial charge in [-0.3, -0.25) is 0 Å². The van der Waals surface area contributed by atoms with Crippen LogP contribution in [0.5, 0.6) is 0 Å². The van der Waals surface area contributed by atoms with Gasteiger partial charge in [0.2, 0.25) is 0 Å². The van der Waals surface area contributed by atoms with E-state index in [2.05, 4.69) is 5.10 Å². The third-order valence-corrected chi connectivity index (χ3v) is 4.03. The summed E-state index contributed by atoms with van der Waals surface area (Å²) in [5.74, 6) is 0. The van der Waals surface area contributed by atoms with E-state index in [1.807, 2.05) is 0 Å². The smallest absolute Gasteiger partial charge is 0.431 e. The second kappa shape index (κ2) is 7.21. The quantitative estimate of drug-likeness (QED) is 0.894. The van der Waals surface area contributed by atoms with Crippen LogP contribution in [-0.4, -0.2) is 35.1 Å². The van der Waals surface area contributed by atoms with Crippen LogP contribution in [-0.2, 0) is 4.74 Å². The summed E-state index contributed by atoms with van der Waals surface area (Å²) in [6, 6.07) is 14.1. The van der Waals surface area contributed by atoms with Crippen LogP contribution in [0.25, 0.3) is 0 Å². The van der Waals surface area contributed by atoms with Gasteiger partial charge in [-0.2, -0.15) is 10.1 Å². The van der Waals surface area contributed by atoms with Crippen molar-refractivity contribution in [2.24, 2.45) is 5.10 Å². The lowest BCUT2D eigenvalue weighted by Crippen LogP contribution is -2.38. The van der Waals surface area contributed by atoms with Crippen molar-refractivity contribution in [3.63, 3.8) is 0 Å². The number of amides is 1. The molecule has 1 N–H and O–H groups in total. The number of aliphatic hydroxyl groups excluding tert-OH is 1. The Hall–Kier alpha value is -2.08. The van der Waals surface area contributed by atoms with Crippen LogP contribution in [0, 0.1) is 0 Å². The van der Waals surface area contributed by atoms with Gasteiger partial charge in [-0.25, -0.2) is 4.79 Å². The summed E-state index contributed by atoms with van der Waals surface area (Å²) in [5.41, 5.74) is 2.09. The molecule has 1 amide bonds. The minimum Gasteiger partial charge on any atom is -0.433 e. The molecule has 24 heavy (non-hydrogen) atoms. The van der Waals surface area contributed by atoms with Gasteiger partial charge < -0.3 is 9.84 Å². The van der Waals surface area contributed by atoms with Gasteiger partial charge in [-0.05, 0) is 29.8 Å². The summed E-state index contributed by atoms with van der Waals surface area (Å²) < 4.78 is 5.54. The van der Waals surface area contributed by atoms with Crippen LogP contribution >= 0.6 is 23.2 Å². The van der Waals surface area contributed by atoms with E-state index in [1.165, 1.54) is 0 Å². The van der Waals surface area contributed by atoms with Crippen molar-refractivity contribution in [1.82, 2.24) is 5.01 Å². The van der Waals surface area contributed by atoms with Gasteiger partial charge in [0.05, 0.1) is 13.2 Å². The fraction of sp³-hybridized carbons (Fsp3) is 0.176. The first-order valence-corrected chi connectivity index (χ1v) is 8.03. The van der Waals surface area contributed by atoms with Crippen LogP contribution in [0.2, 0.25) is 10.0 Å². The lowest BCUT2D eigenvalue weighted by molar-refractivity contribution is 0.0682. The molecule has 0 radical (unpaired) electrons. The Kier molecular flexibility index (Phi) is 5.04. The van der Waals surface area contributed by atoms with E-state index in [4.69, 9.17) is 33.0 Å². The molecule has 0 aromatic heterocycles. The summed E-state index contributed by atoms with van der Waals surface area (Å²) in [5, 5.41) is 15.8. The Bertz CT molecular complexity index is 760. The predicted octanol–water partition coefficient (Wildman–Crippen LogP) is 3.88. The third-order valence-electron chi connectivity index (χ3n) is 3.53. The molecule has 0 saturated heterocycles. The zero-order valence-electron chi connectivity index (χ0n) is 12.5. The zero-order valence-corrected chi connectivity index (χ0v) is 14.0. The summed E-state index contributed by atoms with van der Waals surface area (Å²) >= 11 is 11.9. The van der Waals surface area contributed by atoms with Crippen LogP contribution in [0.15, 0.2) is 53.6 Å². The highest BCUT2D eigenvalue weighted by atomic mass is 35.5. The lowest BCUT2D eigenvalue weighted by atomic mass is 9.98. The predicted molar refractivity (Wildman–Crippen MR) is 92.5 cm³/mol. The molecule has 2 aromatic rings. The second-order valence-electron chi connectivity index (χ2n) is 5.15. The highest BCUT2D eigenvalue weighted by Crippen LogP contribution is 2.29. The number of hydrogen-bond acceptors (Lipinski definition) is 4. The molecule has 2 aromatic carbocycles. The Labute approximate surface area is 149 Å². The van der Waals surface area contributed by atoms with E-state index in [0.29, 0.717) is 15.8 Å². The normalized spacial score (nSPS) is 17.5. The number of β-amino-alcohol motifs (C(OH)–C–C–N with tert-alkyl or cyclic N) is 1. The Morgan fingerprint density at radius 1 is 1.04 bits per heavy atom. The van der Waals surface area contributed by atoms with Crippen LogP contribution in [0.1, 0.15) is 17.2 Å². The van der Waals surface area contributed by atoms with E-state index in [-0.39, 0.29) is 13.2 Å². The van der Waals surface area contributed by atoms with Crippen molar-refractivity contribution >= 4 is 35.0 Å². The number of rotatable bonds is 4. The fourth-order valence-corrected chi connectivity index (χ4v) is 2.62. The Balaban J connectivity index is 2.04. The molecule has 1 aliphatic rings. The first-order valence-electron chi connectivity index (χ1n) is 7.27. The minimum absolute atomic E-state index is 0.0588. The van der Waals surface area contributed by atoms with Crippen LogP contribution in [0.3, 0.4) is 0 Å². The number of carbonyl (C=O) groups is 1. The van der Waals surface area contributed by atoms with E-state index in [1.54, 1.807) is 48.5 Å². The molecule has 1 heterocycles. The Morgan fingerprint density at radius 3 is 2.21 bits per heavy atom. The van der Waals surface area contributed by atoms with Gasteiger partial charge >= 0.3 is 6.09 Å². The maximum Gasteiger partial charge on any atom is 0.431 e. The number of hydrogen-bond donors (Lipinski definition) is 1. The van der Waals surface area contributed by atoms with Crippen LogP contribution in [0.4, 0.5) is 4.79 Å². The number of hydrazone groups is 1. The molecule has 0 bridgehead atoms. The van der Waals surface area contributed by atoms with Crippen molar-refractivity contribution in [2.45, 2.75) is 6.10 Å². The molecule has 0 spiro atoms. The first kappa shape index (κ1) is 16.8. The van der Waals surface area contributed by atoms with E-state index < -0.39 is 12.2 Å². The average molecular weight is 365 g/mol. The topological polar surface area (TPSA) is 62.1 Å². The Morgan fingerprint density at radius 2 is 1.62 bits per heavy atom. The van der Waals surface area contributed by atoms with Gasteiger partial charge in [0.15, 0.2) is 6.10 Å². The fourth-order valence-electron chi connectivity index (χ4n) is 2.37. The number of ether oxygens (including phenoxy) is 1. The van der Waals surface area contributed by atoms with Crippen molar-refractivity contribution in [2.75, 3.05) is 13.2 Å². The summed E-state index contributed by atoms with van der Waals surface area (Å²) in [7, 11) is 0. The summed E-state index contributed by atoms with van der Waals surface area (Å²) in [6.07, 6.45) is -1.27. The lowest BCUT2D eigenvalue weighted by Gasteiger charge is -2.29. The van der Waals surface area contributed by atoms with E-state index >= 15 is 0 Å². The third kappa shape index (κ3) is 3.53. The van der Waals surface area contributed by atoms with Crippen molar-refractivity contribution in [1.29, 1.82) is 0 Å². The molecule has 1 aliphatic heterocycles. The van der Waals surface area contributed by atoms with Gasteiger partial charge in [0.1, 0.15) is 5.71 Å². The van der Waals surface area contributed by atoms with Crippen molar-refractivity contribution < 1.29 is 14.6 Å². The highest BCUT2D eigenvalue weighted by molar-refractivity contribution is 6.31. The maximum absolute atomic E-state index is 12.1. The molecule has 0 saturated carbocycles. The number of benzene rings is 2. The second-order valence-corrected chi connectivity index (χ2v) is 6.03. The molecule has 124 valence electrons. The molecular formula is C17H14Cl2N2O3. The molecule has 3 rings (SSSR count). The standard InChI is InChI=1S/C17H14Cl2N2O3/c18-13-5-1-11(2-6-13)15-16(12-3-7-14(19)8-4-12)24-17(23)21(20-15)9-10-22/h1-8,16,22H,9-10H2. The van der Waals surface area contributed by atoms with Crippen molar-refractivity contribution in [3.05, 3.63) is 69.7 Å². The molecule has 7 heteroatoms. The summed E-state index contributed by atoms with van der Waals surface area (Å²) in [6.45, 7) is -0.151. The van der Waals surface area contributed by atoms with E-state index in [0.717, 1.165) is 16.1 Å². The maximum atomic E-state index is 12.1. The van der Waals surface area contributed by atoms with E-state index in [9.17, 15) is 4.79 Å². The average Bonchev–Trinajstić information content (AvgIpc) is 2.58. The largest absolute Gasteiger partial charge is 0.433 e. The first-order chi connectivity index (χ1) is 11.6. The zero-order chi connectivity index (χ0) is 17.1. The molecule has 1 atom stereocenters. The summed E-state index contributed by atoms with van der Waals surface area (Å²) in [4.78, 5) is 12.1. The molecular weight excluding hydrogens is 351 g/mol.